The lowest BCUT2D eigenvalue weighted by Crippen LogP contribution is -2.44. The van der Waals surface area contributed by atoms with Gasteiger partial charge < -0.3 is 19.4 Å². The number of anilines is 1. The molecular weight excluding hydrogens is 561 g/mol. The number of pyridine rings is 1. The molecule has 214 valence electrons. The molecule has 10 heteroatoms. The van der Waals surface area contributed by atoms with E-state index in [1.807, 2.05) is 19.2 Å². The van der Waals surface area contributed by atoms with Crippen molar-refractivity contribution in [2.45, 2.75) is 37.5 Å². The molecule has 41 heavy (non-hydrogen) atoms. The van der Waals surface area contributed by atoms with Crippen molar-refractivity contribution in [1.29, 1.82) is 0 Å². The standard InChI is InChI=1S/C31H33ClFN5O2S/c1-34-24-8-9-28-27(17-24)35-29(38(28)20-31(41-2)12-15-40-31)18-37-13-10-21(11-14-37)26-4-3-5-30(36-26)39-19-22-6-7-23(32)16-25(22)33/h3-10,16-17,34H,11-15,18-20H2,1-2H3. The Bertz CT molecular complexity index is 1580. The zero-order valence-corrected chi connectivity index (χ0v) is 24.8. The molecule has 1 N–H and O–H groups in total. The third-order valence-corrected chi connectivity index (χ3v) is 9.27. The van der Waals surface area contributed by atoms with Crippen molar-refractivity contribution in [3.8, 4) is 5.88 Å². The lowest BCUT2D eigenvalue weighted by atomic mass is 10.0. The van der Waals surface area contributed by atoms with Crippen LogP contribution >= 0.6 is 23.4 Å². The van der Waals surface area contributed by atoms with Crippen LogP contribution in [0.15, 0.2) is 60.7 Å². The van der Waals surface area contributed by atoms with Gasteiger partial charge in [0.25, 0.3) is 0 Å². The molecule has 1 saturated heterocycles. The Morgan fingerprint density at radius 2 is 2.05 bits per heavy atom. The third kappa shape index (κ3) is 6.09. The number of benzene rings is 2. The molecule has 1 unspecified atom stereocenters. The number of hydrogen-bond donors (Lipinski definition) is 1. The number of fused-ring (bicyclic) bond motifs is 1. The van der Waals surface area contributed by atoms with E-state index >= 15 is 0 Å². The average Bonchev–Trinajstić information content (AvgIpc) is 3.30. The molecule has 2 aliphatic heterocycles. The SMILES string of the molecule is CNc1ccc2c(c1)nc(CN1CC=C(c3cccc(OCc4ccc(Cl)cc4F)n3)CC1)n2CC1(SC)CCO1. The van der Waals surface area contributed by atoms with E-state index in [2.05, 4.69) is 45.3 Å². The third-order valence-electron chi connectivity index (χ3n) is 7.84. The molecule has 6 rings (SSSR count). The quantitative estimate of drug-likeness (QED) is 0.222. The van der Waals surface area contributed by atoms with Gasteiger partial charge in [-0.1, -0.05) is 29.8 Å². The summed E-state index contributed by atoms with van der Waals surface area (Å²) in [4.78, 5) is 12.0. The number of hydrogen-bond acceptors (Lipinski definition) is 7. The number of aromatic nitrogens is 3. The summed E-state index contributed by atoms with van der Waals surface area (Å²) < 4.78 is 28.3. The molecule has 2 aliphatic rings. The summed E-state index contributed by atoms with van der Waals surface area (Å²) in [5.41, 5.74) is 5.69. The maximum absolute atomic E-state index is 14.1. The number of ether oxygens (including phenoxy) is 2. The normalized spacial score (nSPS) is 19.2. The molecule has 0 spiro atoms. The van der Waals surface area contributed by atoms with E-state index in [1.165, 1.54) is 11.6 Å². The topological polar surface area (TPSA) is 64.4 Å². The van der Waals surface area contributed by atoms with Crippen LogP contribution in [0.25, 0.3) is 16.6 Å². The Hall–Kier alpha value is -3.11. The number of nitrogens with zero attached hydrogens (tertiary/aromatic N) is 4. The Morgan fingerprint density at radius 1 is 1.17 bits per heavy atom. The molecule has 1 fully saturated rings. The second-order valence-corrected chi connectivity index (χ2v) is 12.0. The molecule has 4 aromatic rings. The minimum Gasteiger partial charge on any atom is -0.473 e. The summed E-state index contributed by atoms with van der Waals surface area (Å²) in [7, 11) is 1.93. The van der Waals surface area contributed by atoms with Crippen molar-refractivity contribution in [3.63, 3.8) is 0 Å². The zero-order valence-electron chi connectivity index (χ0n) is 23.2. The number of imidazole rings is 1. The smallest absolute Gasteiger partial charge is 0.214 e. The first-order valence-corrected chi connectivity index (χ1v) is 15.4. The second-order valence-electron chi connectivity index (χ2n) is 10.4. The van der Waals surface area contributed by atoms with Crippen molar-refractivity contribution in [1.82, 2.24) is 19.4 Å². The van der Waals surface area contributed by atoms with Crippen molar-refractivity contribution >= 4 is 45.7 Å². The second kappa shape index (κ2) is 12.0. The van der Waals surface area contributed by atoms with Gasteiger partial charge in [0.05, 0.1) is 36.4 Å². The first kappa shape index (κ1) is 28.0. The Labute approximate surface area is 248 Å². The van der Waals surface area contributed by atoms with Gasteiger partial charge in [0.15, 0.2) is 0 Å². The highest BCUT2D eigenvalue weighted by molar-refractivity contribution is 7.99. The summed E-state index contributed by atoms with van der Waals surface area (Å²) >= 11 is 7.64. The lowest BCUT2D eigenvalue weighted by Gasteiger charge is -2.41. The van der Waals surface area contributed by atoms with Gasteiger partial charge in [-0.2, -0.15) is 0 Å². The summed E-state index contributed by atoms with van der Waals surface area (Å²) in [5, 5.41) is 3.59. The molecule has 2 aromatic heterocycles. The van der Waals surface area contributed by atoms with E-state index in [4.69, 9.17) is 31.0 Å². The molecule has 0 amide bonds. The summed E-state index contributed by atoms with van der Waals surface area (Å²) in [6.07, 6.45) is 6.27. The Kier molecular flexibility index (Phi) is 8.21. The van der Waals surface area contributed by atoms with E-state index < -0.39 is 0 Å². The van der Waals surface area contributed by atoms with Crippen LogP contribution in [-0.2, 0) is 24.4 Å². The van der Waals surface area contributed by atoms with Gasteiger partial charge in [-0.25, -0.2) is 14.4 Å². The van der Waals surface area contributed by atoms with Gasteiger partial charge >= 0.3 is 0 Å². The van der Waals surface area contributed by atoms with Crippen LogP contribution in [0.2, 0.25) is 5.02 Å². The van der Waals surface area contributed by atoms with Gasteiger partial charge in [0, 0.05) is 48.9 Å². The highest BCUT2D eigenvalue weighted by atomic mass is 35.5. The maximum atomic E-state index is 14.1. The fourth-order valence-corrected chi connectivity index (χ4v) is 6.21. The average molecular weight is 594 g/mol. The molecule has 4 heterocycles. The first-order valence-electron chi connectivity index (χ1n) is 13.8. The van der Waals surface area contributed by atoms with Crippen LogP contribution in [0.1, 0.15) is 29.9 Å². The molecule has 0 aliphatic carbocycles. The molecule has 0 bridgehead atoms. The summed E-state index contributed by atoms with van der Waals surface area (Å²) in [6, 6.07) is 16.7. The van der Waals surface area contributed by atoms with Crippen molar-refractivity contribution in [3.05, 3.63) is 88.6 Å². The number of thioether (sulfide) groups is 1. The lowest BCUT2D eigenvalue weighted by molar-refractivity contribution is -0.0873. The van der Waals surface area contributed by atoms with Crippen LogP contribution in [0.4, 0.5) is 10.1 Å². The first-order chi connectivity index (χ1) is 19.9. The molecule has 7 nitrogen and oxygen atoms in total. The van der Waals surface area contributed by atoms with E-state index in [0.717, 1.165) is 73.9 Å². The monoisotopic (exact) mass is 593 g/mol. The fourth-order valence-electron chi connectivity index (χ4n) is 5.31. The molecular formula is C31H33ClFN5O2S. The van der Waals surface area contributed by atoms with Crippen LogP contribution in [0.3, 0.4) is 0 Å². The Morgan fingerprint density at radius 3 is 2.76 bits per heavy atom. The fraction of sp³-hybridized carbons (Fsp3) is 0.355. The maximum Gasteiger partial charge on any atom is 0.214 e. The zero-order chi connectivity index (χ0) is 28.4. The van der Waals surface area contributed by atoms with E-state index in [1.54, 1.807) is 30.0 Å². The largest absolute Gasteiger partial charge is 0.473 e. The molecule has 1 atom stereocenters. The van der Waals surface area contributed by atoms with Gasteiger partial charge in [0.1, 0.15) is 23.2 Å². The number of rotatable bonds is 10. The van der Waals surface area contributed by atoms with Crippen molar-refractivity contribution < 1.29 is 13.9 Å². The van der Waals surface area contributed by atoms with Gasteiger partial charge in [-0.05, 0) is 54.6 Å². The summed E-state index contributed by atoms with van der Waals surface area (Å²) in [6.45, 7) is 4.12. The van der Waals surface area contributed by atoms with Crippen LogP contribution in [0, 0.1) is 5.82 Å². The molecule has 2 aromatic carbocycles. The van der Waals surface area contributed by atoms with Crippen LogP contribution in [-0.4, -0.2) is 57.4 Å². The van der Waals surface area contributed by atoms with E-state index in [0.29, 0.717) is 16.5 Å². The van der Waals surface area contributed by atoms with Crippen molar-refractivity contribution in [2.24, 2.45) is 0 Å². The van der Waals surface area contributed by atoms with Crippen LogP contribution < -0.4 is 10.1 Å². The highest BCUT2D eigenvalue weighted by Gasteiger charge is 2.39. The minimum atomic E-state index is -0.386. The van der Waals surface area contributed by atoms with E-state index in [9.17, 15) is 4.39 Å². The number of halogens is 2. The summed E-state index contributed by atoms with van der Waals surface area (Å²) in [5.74, 6) is 1.14. The minimum absolute atomic E-state index is 0.0892. The van der Waals surface area contributed by atoms with Gasteiger partial charge in [0.2, 0.25) is 5.88 Å². The highest BCUT2D eigenvalue weighted by Crippen LogP contribution is 2.39. The molecule has 0 radical (unpaired) electrons. The van der Waals surface area contributed by atoms with Gasteiger partial charge in [-0.3, -0.25) is 4.90 Å². The predicted molar refractivity (Wildman–Crippen MR) is 164 cm³/mol. The predicted octanol–water partition coefficient (Wildman–Crippen LogP) is 6.61. The van der Waals surface area contributed by atoms with Crippen molar-refractivity contribution in [2.75, 3.05) is 38.3 Å². The number of nitrogens with one attached hydrogen (secondary N) is 1. The Balaban J connectivity index is 1.16. The van der Waals surface area contributed by atoms with Crippen LogP contribution in [0.5, 0.6) is 5.88 Å². The molecule has 0 saturated carbocycles. The van der Waals surface area contributed by atoms with Gasteiger partial charge in [-0.15, -0.1) is 11.8 Å². The van der Waals surface area contributed by atoms with E-state index in [-0.39, 0.29) is 17.4 Å².